The van der Waals surface area contributed by atoms with Crippen LogP contribution in [0.15, 0.2) is 17.3 Å². The second-order valence-electron chi connectivity index (χ2n) is 2.56. The number of hydrogen-bond donors (Lipinski definition) is 1. The van der Waals surface area contributed by atoms with Crippen molar-refractivity contribution in [1.82, 2.24) is 5.32 Å². The van der Waals surface area contributed by atoms with Crippen LogP contribution in [0.3, 0.4) is 0 Å². The molecule has 0 aromatic carbocycles. The first-order valence-electron chi connectivity index (χ1n) is 3.46. The third-order valence-electron chi connectivity index (χ3n) is 1.74. The molecule has 11 heavy (non-hydrogen) atoms. The van der Waals surface area contributed by atoms with Crippen molar-refractivity contribution in [2.24, 2.45) is 4.99 Å². The van der Waals surface area contributed by atoms with Gasteiger partial charge in [-0.1, -0.05) is 0 Å². The Morgan fingerprint density at radius 1 is 1.73 bits per heavy atom. The van der Waals surface area contributed by atoms with Crippen LogP contribution in [-0.2, 0) is 9.53 Å². The monoisotopic (exact) mass is 152 g/mol. The number of carbonyl (C=O) groups is 1. The summed E-state index contributed by atoms with van der Waals surface area (Å²) in [5, 5.41) is 2.87. The Hall–Kier alpha value is -1.32. The van der Waals surface area contributed by atoms with Gasteiger partial charge >= 0.3 is 5.97 Å². The van der Waals surface area contributed by atoms with Crippen molar-refractivity contribution in [3.8, 4) is 0 Å². The van der Waals surface area contributed by atoms with Crippen molar-refractivity contribution in [3.05, 3.63) is 12.3 Å². The minimum Gasteiger partial charge on any atom is -0.411 e. The smallest absolute Gasteiger partial charge is 0.337 e. The van der Waals surface area contributed by atoms with Gasteiger partial charge in [0.05, 0.1) is 0 Å². The molecule has 2 atom stereocenters. The lowest BCUT2D eigenvalue weighted by Crippen LogP contribution is -2.43. The molecule has 2 aliphatic rings. The van der Waals surface area contributed by atoms with Crippen LogP contribution in [0.2, 0.25) is 0 Å². The molecule has 0 aromatic heterocycles. The normalized spacial score (nSPS) is 33.9. The fraction of sp³-hybridized carbons (Fsp3) is 0.429. The van der Waals surface area contributed by atoms with E-state index < -0.39 is 0 Å². The number of aliphatic imine (C=N–C) groups is 1. The van der Waals surface area contributed by atoms with Crippen molar-refractivity contribution >= 4 is 11.9 Å². The van der Waals surface area contributed by atoms with Gasteiger partial charge in [0.15, 0.2) is 11.9 Å². The van der Waals surface area contributed by atoms with E-state index in [9.17, 15) is 4.79 Å². The van der Waals surface area contributed by atoms with Gasteiger partial charge in [-0.05, 0) is 12.3 Å². The Labute approximate surface area is 63.9 Å². The van der Waals surface area contributed by atoms with E-state index >= 15 is 0 Å². The number of esters is 1. The molecule has 4 nitrogen and oxygen atoms in total. The lowest BCUT2D eigenvalue weighted by molar-refractivity contribution is -0.138. The number of fused-ring (bicyclic) bond motifs is 1. The van der Waals surface area contributed by atoms with E-state index in [0.717, 1.165) is 0 Å². The highest BCUT2D eigenvalue weighted by Crippen LogP contribution is 2.14. The highest BCUT2D eigenvalue weighted by Gasteiger charge is 2.34. The molecule has 1 N–H and O–H groups in total. The summed E-state index contributed by atoms with van der Waals surface area (Å²) >= 11 is 0. The summed E-state index contributed by atoms with van der Waals surface area (Å²) in [7, 11) is 0. The van der Waals surface area contributed by atoms with Gasteiger partial charge in [-0.3, -0.25) is 0 Å². The molecule has 0 fully saturated rings. The minimum atomic E-state index is -0.293. The van der Waals surface area contributed by atoms with Gasteiger partial charge in [-0.25, -0.2) is 9.79 Å². The summed E-state index contributed by atoms with van der Waals surface area (Å²) in [6.07, 6.45) is 3.59. The van der Waals surface area contributed by atoms with E-state index in [1.807, 2.05) is 6.08 Å². The fourth-order valence-electron chi connectivity index (χ4n) is 1.24. The molecule has 58 valence electrons. The van der Waals surface area contributed by atoms with Crippen LogP contribution in [0.4, 0.5) is 0 Å². The average molecular weight is 152 g/mol. The molecule has 0 bridgehead atoms. The van der Waals surface area contributed by atoms with Gasteiger partial charge in [0.2, 0.25) is 0 Å². The van der Waals surface area contributed by atoms with Crippen LogP contribution in [0.1, 0.15) is 6.92 Å². The van der Waals surface area contributed by atoms with E-state index in [1.54, 1.807) is 13.1 Å². The maximum Gasteiger partial charge on any atom is 0.337 e. The molecule has 0 amide bonds. The number of ether oxygens (including phenoxy) is 1. The molecular formula is C7H8N2O2. The third-order valence-corrected chi connectivity index (χ3v) is 1.74. The summed E-state index contributed by atoms with van der Waals surface area (Å²) in [6, 6.07) is -0.352. The Balaban J connectivity index is 2.30. The second-order valence-corrected chi connectivity index (χ2v) is 2.56. The highest BCUT2D eigenvalue weighted by molar-refractivity contribution is 5.93. The molecule has 2 aliphatic heterocycles. The lowest BCUT2D eigenvalue weighted by Gasteiger charge is -2.20. The van der Waals surface area contributed by atoms with Crippen molar-refractivity contribution in [3.63, 3.8) is 0 Å². The predicted octanol–water partition coefficient (Wildman–Crippen LogP) is -0.184. The van der Waals surface area contributed by atoms with Gasteiger partial charge in [-0.15, -0.1) is 0 Å². The first-order valence-corrected chi connectivity index (χ1v) is 3.46. The second kappa shape index (κ2) is 2.08. The minimum absolute atomic E-state index is 0.0590. The Morgan fingerprint density at radius 2 is 2.55 bits per heavy atom. The van der Waals surface area contributed by atoms with Crippen LogP contribution >= 0.6 is 0 Å². The maximum absolute atomic E-state index is 11.1. The molecule has 2 unspecified atom stereocenters. The molecule has 0 saturated carbocycles. The van der Waals surface area contributed by atoms with Crippen molar-refractivity contribution in [2.45, 2.75) is 19.0 Å². The maximum atomic E-state index is 11.1. The molecule has 2 rings (SSSR count). The summed E-state index contributed by atoms with van der Waals surface area (Å²) in [5.41, 5.74) is 0. The molecule has 0 aromatic rings. The first kappa shape index (κ1) is 6.39. The summed E-state index contributed by atoms with van der Waals surface area (Å²) in [5.74, 6) is 0.206. The van der Waals surface area contributed by atoms with Gasteiger partial charge in [0.25, 0.3) is 0 Å². The van der Waals surface area contributed by atoms with Crippen LogP contribution in [0, 0.1) is 0 Å². The topological polar surface area (TPSA) is 50.7 Å². The largest absolute Gasteiger partial charge is 0.411 e. The molecule has 0 saturated heterocycles. The van der Waals surface area contributed by atoms with Crippen molar-refractivity contribution in [1.29, 1.82) is 0 Å². The first-order chi connectivity index (χ1) is 5.27. The van der Waals surface area contributed by atoms with Crippen molar-refractivity contribution < 1.29 is 9.53 Å². The standard InChI is InChI=1S/C7H8N2O2/c1-4-9-5-2-3-8-6(5)7(10)11-4/h2-3,5-6,8H,1H3. The number of nitrogens with one attached hydrogen (secondary N) is 1. The molecule has 4 heteroatoms. The van der Waals surface area contributed by atoms with Gasteiger partial charge in [0, 0.05) is 6.92 Å². The third kappa shape index (κ3) is 0.906. The Bertz CT molecular complexity index is 257. The van der Waals surface area contributed by atoms with Gasteiger partial charge in [0.1, 0.15) is 6.04 Å². The predicted molar refractivity (Wildman–Crippen MR) is 39.1 cm³/mol. The number of nitrogens with zero attached hydrogens (tertiary/aromatic N) is 1. The van der Waals surface area contributed by atoms with Gasteiger partial charge < -0.3 is 10.1 Å². The molecule has 0 aliphatic carbocycles. The number of carbonyl (C=O) groups excluding carboxylic acids is 1. The quantitative estimate of drug-likeness (QED) is 0.490. The highest BCUT2D eigenvalue weighted by atomic mass is 16.5. The van der Waals surface area contributed by atoms with Crippen LogP contribution in [0.5, 0.6) is 0 Å². The van der Waals surface area contributed by atoms with Crippen LogP contribution in [0.25, 0.3) is 0 Å². The fourth-order valence-corrected chi connectivity index (χ4v) is 1.24. The average Bonchev–Trinajstić information content (AvgIpc) is 2.34. The molecule has 0 spiro atoms. The number of cyclic esters (lactones) is 1. The summed E-state index contributed by atoms with van der Waals surface area (Å²) < 4.78 is 4.81. The van der Waals surface area contributed by atoms with E-state index in [2.05, 4.69) is 10.3 Å². The van der Waals surface area contributed by atoms with Crippen LogP contribution < -0.4 is 5.32 Å². The number of rotatable bonds is 0. The van der Waals surface area contributed by atoms with Gasteiger partial charge in [-0.2, -0.15) is 0 Å². The zero-order valence-electron chi connectivity index (χ0n) is 6.07. The summed E-state index contributed by atoms with van der Waals surface area (Å²) in [6.45, 7) is 1.68. The van der Waals surface area contributed by atoms with E-state index in [1.165, 1.54) is 0 Å². The zero-order chi connectivity index (χ0) is 7.84. The van der Waals surface area contributed by atoms with E-state index in [4.69, 9.17) is 4.74 Å². The molecular weight excluding hydrogens is 144 g/mol. The van der Waals surface area contributed by atoms with E-state index in [-0.39, 0.29) is 18.1 Å². The summed E-state index contributed by atoms with van der Waals surface area (Å²) in [4.78, 5) is 15.2. The Morgan fingerprint density at radius 3 is 3.36 bits per heavy atom. The van der Waals surface area contributed by atoms with Crippen LogP contribution in [-0.4, -0.2) is 24.0 Å². The number of hydrogen-bond acceptors (Lipinski definition) is 4. The zero-order valence-corrected chi connectivity index (χ0v) is 6.07. The Kier molecular flexibility index (Phi) is 1.21. The van der Waals surface area contributed by atoms with E-state index in [0.29, 0.717) is 5.90 Å². The molecule has 2 heterocycles. The lowest BCUT2D eigenvalue weighted by atomic mass is 10.1. The SMILES string of the molecule is CC1=NC2C=CNC2C(=O)O1. The van der Waals surface area contributed by atoms with Crippen molar-refractivity contribution in [2.75, 3.05) is 0 Å². The molecule has 0 radical (unpaired) electrons.